The van der Waals surface area contributed by atoms with Crippen LogP contribution in [0.4, 0.5) is 0 Å². The molecule has 25 heavy (non-hydrogen) atoms. The number of rotatable bonds is 4. The number of hydrogen-bond acceptors (Lipinski definition) is 5. The number of carbonyl (C=O) groups is 1. The highest BCUT2D eigenvalue weighted by Crippen LogP contribution is 2.25. The molecule has 1 fully saturated rings. The van der Waals surface area contributed by atoms with Crippen LogP contribution in [0.3, 0.4) is 0 Å². The number of nitrogens with zero attached hydrogens (tertiary/aromatic N) is 2. The van der Waals surface area contributed by atoms with E-state index in [1.54, 1.807) is 6.07 Å². The molecule has 1 aliphatic heterocycles. The third-order valence-electron chi connectivity index (χ3n) is 4.55. The zero-order valence-electron chi connectivity index (χ0n) is 14.1. The lowest BCUT2D eigenvalue weighted by Gasteiger charge is -2.22. The number of methoxy groups -OCH3 is 1. The van der Waals surface area contributed by atoms with Crippen molar-refractivity contribution in [1.82, 2.24) is 4.90 Å². The van der Waals surface area contributed by atoms with Crippen molar-refractivity contribution in [3.63, 3.8) is 0 Å². The van der Waals surface area contributed by atoms with E-state index in [4.69, 9.17) is 4.74 Å². The van der Waals surface area contributed by atoms with E-state index in [9.17, 15) is 15.2 Å². The number of esters is 1. The summed E-state index contributed by atoms with van der Waals surface area (Å²) in [4.78, 5) is 13.8. The predicted octanol–water partition coefficient (Wildman–Crippen LogP) is 2.33. The number of nitriles is 1. The standard InChI is InChI=1S/C20H20N2O3/c1-25-20(24)19-10-17(23)13-22(19)12-14-6-8-15(9-7-14)18-5-3-2-4-16(18)11-21/h2-9,17,19,23H,10,12-13H2,1H3. The number of likely N-dealkylation sites (tertiary alicyclic amines) is 1. The van der Waals surface area contributed by atoms with Crippen molar-refractivity contribution >= 4 is 5.97 Å². The van der Waals surface area contributed by atoms with Crippen LogP contribution >= 0.6 is 0 Å². The van der Waals surface area contributed by atoms with Gasteiger partial charge >= 0.3 is 5.97 Å². The normalized spacial score (nSPS) is 20.2. The highest BCUT2D eigenvalue weighted by Gasteiger charge is 2.36. The summed E-state index contributed by atoms with van der Waals surface area (Å²) < 4.78 is 4.83. The van der Waals surface area contributed by atoms with Crippen LogP contribution in [-0.4, -0.2) is 41.8 Å². The molecule has 5 nitrogen and oxygen atoms in total. The van der Waals surface area contributed by atoms with Gasteiger partial charge in [-0.25, -0.2) is 0 Å². The van der Waals surface area contributed by atoms with Gasteiger partial charge in [0.2, 0.25) is 0 Å². The highest BCUT2D eigenvalue weighted by atomic mass is 16.5. The fourth-order valence-electron chi connectivity index (χ4n) is 3.29. The molecule has 1 N–H and O–H groups in total. The van der Waals surface area contributed by atoms with Crippen molar-refractivity contribution < 1.29 is 14.6 Å². The van der Waals surface area contributed by atoms with Crippen LogP contribution in [0.1, 0.15) is 17.5 Å². The molecule has 0 saturated carbocycles. The van der Waals surface area contributed by atoms with E-state index in [2.05, 4.69) is 6.07 Å². The molecule has 1 saturated heterocycles. The van der Waals surface area contributed by atoms with Crippen LogP contribution in [0.2, 0.25) is 0 Å². The van der Waals surface area contributed by atoms with Crippen molar-refractivity contribution in [1.29, 1.82) is 5.26 Å². The van der Waals surface area contributed by atoms with E-state index >= 15 is 0 Å². The Morgan fingerprint density at radius 1 is 1.28 bits per heavy atom. The summed E-state index contributed by atoms with van der Waals surface area (Å²) in [5, 5.41) is 19.1. The molecular formula is C20H20N2O3. The number of hydrogen-bond donors (Lipinski definition) is 1. The van der Waals surface area contributed by atoms with E-state index < -0.39 is 12.1 Å². The maximum absolute atomic E-state index is 11.9. The van der Waals surface area contributed by atoms with E-state index in [1.807, 2.05) is 47.4 Å². The summed E-state index contributed by atoms with van der Waals surface area (Å²) in [6.07, 6.45) is -0.105. The van der Waals surface area contributed by atoms with Gasteiger partial charge in [-0.3, -0.25) is 9.69 Å². The number of aliphatic hydroxyl groups is 1. The molecule has 128 valence electrons. The molecule has 2 aromatic carbocycles. The molecule has 0 spiro atoms. The Morgan fingerprint density at radius 3 is 2.68 bits per heavy atom. The lowest BCUT2D eigenvalue weighted by Crippen LogP contribution is -2.36. The third-order valence-corrected chi connectivity index (χ3v) is 4.55. The van der Waals surface area contributed by atoms with Gasteiger partial charge < -0.3 is 9.84 Å². The maximum atomic E-state index is 11.9. The largest absolute Gasteiger partial charge is 0.468 e. The lowest BCUT2D eigenvalue weighted by molar-refractivity contribution is -0.146. The van der Waals surface area contributed by atoms with Gasteiger partial charge in [0.05, 0.1) is 24.8 Å². The molecule has 0 aliphatic carbocycles. The van der Waals surface area contributed by atoms with Crippen LogP contribution in [0.25, 0.3) is 11.1 Å². The Balaban J connectivity index is 1.77. The van der Waals surface area contributed by atoms with Crippen molar-refractivity contribution in [3.8, 4) is 17.2 Å². The fourth-order valence-corrected chi connectivity index (χ4v) is 3.29. The van der Waals surface area contributed by atoms with Crippen LogP contribution in [0, 0.1) is 11.3 Å². The van der Waals surface area contributed by atoms with Gasteiger partial charge in [-0.05, 0) is 22.8 Å². The monoisotopic (exact) mass is 336 g/mol. The Labute approximate surface area is 147 Å². The number of carbonyl (C=O) groups excluding carboxylic acids is 1. The molecular weight excluding hydrogens is 316 g/mol. The van der Waals surface area contributed by atoms with Crippen molar-refractivity contribution in [2.45, 2.75) is 25.1 Å². The first kappa shape index (κ1) is 17.2. The van der Waals surface area contributed by atoms with Gasteiger partial charge in [-0.2, -0.15) is 5.26 Å². The Hall–Kier alpha value is -2.68. The van der Waals surface area contributed by atoms with Gasteiger partial charge in [0.1, 0.15) is 6.04 Å². The molecule has 0 bridgehead atoms. The Morgan fingerprint density at radius 2 is 2.00 bits per heavy atom. The molecule has 5 heteroatoms. The summed E-state index contributed by atoms with van der Waals surface area (Å²) in [5.74, 6) is -0.309. The third kappa shape index (κ3) is 3.71. The number of aliphatic hydroxyl groups excluding tert-OH is 1. The second-order valence-corrected chi connectivity index (χ2v) is 6.21. The van der Waals surface area contributed by atoms with E-state index in [-0.39, 0.29) is 5.97 Å². The second-order valence-electron chi connectivity index (χ2n) is 6.21. The van der Waals surface area contributed by atoms with Crippen LogP contribution in [0.15, 0.2) is 48.5 Å². The minimum absolute atomic E-state index is 0.309. The fraction of sp³-hybridized carbons (Fsp3) is 0.300. The van der Waals surface area contributed by atoms with Crippen molar-refractivity contribution in [3.05, 3.63) is 59.7 Å². The average molecular weight is 336 g/mol. The van der Waals surface area contributed by atoms with E-state index in [1.165, 1.54) is 7.11 Å². The molecule has 0 aromatic heterocycles. The zero-order chi connectivity index (χ0) is 17.8. The minimum Gasteiger partial charge on any atom is -0.468 e. The Bertz CT molecular complexity index is 795. The van der Waals surface area contributed by atoms with Crippen LogP contribution < -0.4 is 0 Å². The summed E-state index contributed by atoms with van der Waals surface area (Å²) in [6, 6.07) is 17.2. The van der Waals surface area contributed by atoms with Gasteiger partial charge in [-0.1, -0.05) is 42.5 Å². The molecule has 2 atom stereocenters. The summed E-state index contributed by atoms with van der Waals surface area (Å²) >= 11 is 0. The number of β-amino-alcohol motifs (C(OH)–C–C–N with tert-alkyl or cyclic N) is 1. The molecule has 3 rings (SSSR count). The first-order valence-electron chi connectivity index (χ1n) is 8.20. The van der Waals surface area contributed by atoms with Crippen molar-refractivity contribution in [2.75, 3.05) is 13.7 Å². The number of benzene rings is 2. The predicted molar refractivity (Wildman–Crippen MR) is 93.4 cm³/mol. The second kappa shape index (κ2) is 7.47. The van der Waals surface area contributed by atoms with Gasteiger partial charge in [0, 0.05) is 19.5 Å². The average Bonchev–Trinajstić information content (AvgIpc) is 3.02. The topological polar surface area (TPSA) is 73.6 Å². The minimum atomic E-state index is -0.508. The molecule has 2 unspecified atom stereocenters. The zero-order valence-corrected chi connectivity index (χ0v) is 14.1. The molecule has 2 aromatic rings. The maximum Gasteiger partial charge on any atom is 0.323 e. The molecule has 0 amide bonds. The first-order chi connectivity index (χ1) is 12.1. The van der Waals surface area contributed by atoms with Gasteiger partial charge in [0.15, 0.2) is 0 Å². The molecule has 1 aliphatic rings. The summed E-state index contributed by atoms with van der Waals surface area (Å²) in [7, 11) is 1.37. The van der Waals surface area contributed by atoms with Crippen LogP contribution in [-0.2, 0) is 16.1 Å². The highest BCUT2D eigenvalue weighted by molar-refractivity contribution is 5.76. The van der Waals surface area contributed by atoms with Crippen LogP contribution in [0.5, 0.6) is 0 Å². The van der Waals surface area contributed by atoms with E-state index in [0.29, 0.717) is 25.1 Å². The van der Waals surface area contributed by atoms with Gasteiger partial charge in [-0.15, -0.1) is 0 Å². The van der Waals surface area contributed by atoms with Crippen molar-refractivity contribution in [2.24, 2.45) is 0 Å². The smallest absolute Gasteiger partial charge is 0.323 e. The van der Waals surface area contributed by atoms with Gasteiger partial charge in [0.25, 0.3) is 0 Å². The quantitative estimate of drug-likeness (QED) is 0.868. The summed E-state index contributed by atoms with van der Waals surface area (Å²) in [5.41, 5.74) is 3.57. The Kier molecular flexibility index (Phi) is 5.13. The summed E-state index contributed by atoms with van der Waals surface area (Å²) in [6.45, 7) is 1.02. The SMILES string of the molecule is COC(=O)C1CC(O)CN1Cc1ccc(-c2ccccc2C#N)cc1. The molecule has 1 heterocycles. The first-order valence-corrected chi connectivity index (χ1v) is 8.20. The lowest BCUT2D eigenvalue weighted by atomic mass is 9.99. The van der Waals surface area contributed by atoms with E-state index in [0.717, 1.165) is 16.7 Å². The number of ether oxygens (including phenoxy) is 1. The molecule has 0 radical (unpaired) electrons.